The van der Waals surface area contributed by atoms with E-state index in [0.717, 1.165) is 51.5 Å². The lowest BCUT2D eigenvalue weighted by Gasteiger charge is -2.36. The van der Waals surface area contributed by atoms with Crippen molar-refractivity contribution in [2.24, 2.45) is 5.41 Å². The molecule has 1 saturated heterocycles. The second-order valence-electron chi connectivity index (χ2n) is 9.84. The first-order chi connectivity index (χ1) is 16.6. The molecule has 5 nitrogen and oxygen atoms in total. The molecule has 2 aliphatic rings. The highest BCUT2D eigenvalue weighted by Gasteiger charge is 2.48. The number of likely N-dealkylation sites (tertiary alicyclic amines) is 1. The zero-order chi connectivity index (χ0) is 23.8. The third-order valence-electron chi connectivity index (χ3n) is 7.73. The first-order valence-corrected chi connectivity index (χ1v) is 12.9. The SMILES string of the molecule is CCc1ccc(CCNC(=O)OCCCN2CCC3(CCC(c4ccccc4)CC3)C2=O)cc1. The Morgan fingerprint density at radius 2 is 1.74 bits per heavy atom. The Morgan fingerprint density at radius 1 is 1.03 bits per heavy atom. The minimum atomic E-state index is -0.381. The summed E-state index contributed by atoms with van der Waals surface area (Å²) in [6.07, 6.45) is 7.25. The molecule has 2 fully saturated rings. The van der Waals surface area contributed by atoms with E-state index < -0.39 is 0 Å². The summed E-state index contributed by atoms with van der Waals surface area (Å²) in [5.41, 5.74) is 3.78. The van der Waals surface area contributed by atoms with Gasteiger partial charge in [-0.15, -0.1) is 0 Å². The summed E-state index contributed by atoms with van der Waals surface area (Å²) >= 11 is 0. The molecule has 1 saturated carbocycles. The number of benzene rings is 2. The summed E-state index contributed by atoms with van der Waals surface area (Å²) < 4.78 is 5.32. The average Bonchev–Trinajstić information content (AvgIpc) is 3.18. The van der Waals surface area contributed by atoms with Gasteiger partial charge in [-0.25, -0.2) is 4.79 Å². The number of hydrogen-bond donors (Lipinski definition) is 1. The molecule has 0 bridgehead atoms. The van der Waals surface area contributed by atoms with Crippen molar-refractivity contribution < 1.29 is 14.3 Å². The fourth-order valence-corrected chi connectivity index (χ4v) is 5.52. The predicted octanol–water partition coefficient (Wildman–Crippen LogP) is 5.48. The minimum absolute atomic E-state index is 0.154. The average molecular weight is 463 g/mol. The number of nitrogens with zero attached hydrogens (tertiary/aromatic N) is 1. The molecule has 2 aromatic carbocycles. The van der Waals surface area contributed by atoms with Gasteiger partial charge < -0.3 is 15.0 Å². The molecule has 34 heavy (non-hydrogen) atoms. The van der Waals surface area contributed by atoms with Gasteiger partial charge in [-0.1, -0.05) is 61.5 Å². The fraction of sp³-hybridized carbons (Fsp3) is 0.517. The van der Waals surface area contributed by atoms with Crippen LogP contribution in [0.25, 0.3) is 0 Å². The van der Waals surface area contributed by atoms with Crippen LogP contribution in [0.4, 0.5) is 4.79 Å². The number of ether oxygens (including phenoxy) is 1. The van der Waals surface area contributed by atoms with Gasteiger partial charge in [0.15, 0.2) is 0 Å². The van der Waals surface area contributed by atoms with Crippen molar-refractivity contribution in [1.29, 1.82) is 0 Å². The Bertz CT molecular complexity index is 934. The van der Waals surface area contributed by atoms with Crippen LogP contribution in [0.3, 0.4) is 0 Å². The molecule has 1 heterocycles. The Morgan fingerprint density at radius 3 is 2.44 bits per heavy atom. The van der Waals surface area contributed by atoms with Crippen LogP contribution in [0, 0.1) is 5.41 Å². The highest BCUT2D eigenvalue weighted by molar-refractivity contribution is 5.85. The molecule has 1 aliphatic carbocycles. The molecule has 4 rings (SSSR count). The summed E-state index contributed by atoms with van der Waals surface area (Å²) in [5.74, 6) is 0.897. The summed E-state index contributed by atoms with van der Waals surface area (Å²) in [6.45, 7) is 4.53. The Balaban J connectivity index is 1.11. The number of carbonyl (C=O) groups excluding carboxylic acids is 2. The zero-order valence-corrected chi connectivity index (χ0v) is 20.4. The minimum Gasteiger partial charge on any atom is -0.449 e. The van der Waals surface area contributed by atoms with Crippen molar-refractivity contribution in [3.63, 3.8) is 0 Å². The lowest BCUT2D eigenvalue weighted by molar-refractivity contribution is -0.137. The number of alkyl carbamates (subject to hydrolysis) is 1. The van der Waals surface area contributed by atoms with Crippen LogP contribution < -0.4 is 5.32 Å². The fourth-order valence-electron chi connectivity index (χ4n) is 5.52. The summed E-state index contributed by atoms with van der Waals surface area (Å²) in [4.78, 5) is 27.1. The van der Waals surface area contributed by atoms with Crippen LogP contribution >= 0.6 is 0 Å². The van der Waals surface area contributed by atoms with Crippen LogP contribution in [-0.4, -0.2) is 43.1 Å². The van der Waals surface area contributed by atoms with Gasteiger partial charge in [0.05, 0.1) is 12.0 Å². The molecule has 0 atom stereocenters. The van der Waals surface area contributed by atoms with Crippen molar-refractivity contribution in [1.82, 2.24) is 10.2 Å². The van der Waals surface area contributed by atoms with Gasteiger partial charge in [0.2, 0.25) is 5.91 Å². The van der Waals surface area contributed by atoms with Crippen LogP contribution in [0.2, 0.25) is 0 Å². The highest BCUT2D eigenvalue weighted by atomic mass is 16.5. The third kappa shape index (κ3) is 5.99. The maximum absolute atomic E-state index is 13.2. The number of carbonyl (C=O) groups is 2. The number of amides is 2. The monoisotopic (exact) mass is 462 g/mol. The lowest BCUT2D eigenvalue weighted by Crippen LogP contribution is -2.38. The molecule has 182 valence electrons. The molecule has 0 radical (unpaired) electrons. The number of nitrogens with one attached hydrogen (secondary N) is 1. The standard InChI is InChI=1S/C29H38N2O3/c1-2-23-9-11-24(12-10-23)15-19-30-28(33)34-22-6-20-31-21-18-29(27(31)32)16-13-26(14-17-29)25-7-4-3-5-8-25/h3-5,7-12,26H,2,6,13-22H2,1H3,(H,30,33). The Hall–Kier alpha value is -2.82. The van der Waals surface area contributed by atoms with E-state index in [1.54, 1.807) is 0 Å². The topological polar surface area (TPSA) is 58.6 Å². The molecular weight excluding hydrogens is 424 g/mol. The van der Waals surface area contributed by atoms with Crippen molar-refractivity contribution in [2.75, 3.05) is 26.2 Å². The molecule has 0 unspecified atom stereocenters. The molecular formula is C29H38N2O3. The second kappa shape index (κ2) is 11.5. The number of rotatable bonds is 9. The molecule has 1 spiro atoms. The van der Waals surface area contributed by atoms with E-state index in [1.165, 1.54) is 16.7 Å². The molecule has 2 amide bonds. The van der Waals surface area contributed by atoms with E-state index in [9.17, 15) is 9.59 Å². The van der Waals surface area contributed by atoms with Crippen molar-refractivity contribution >= 4 is 12.0 Å². The third-order valence-corrected chi connectivity index (χ3v) is 7.73. The molecule has 2 aromatic rings. The van der Waals surface area contributed by atoms with Gasteiger partial charge in [-0.05, 0) is 74.0 Å². The van der Waals surface area contributed by atoms with Crippen molar-refractivity contribution in [3.05, 3.63) is 71.3 Å². The van der Waals surface area contributed by atoms with E-state index in [-0.39, 0.29) is 11.5 Å². The molecule has 0 aromatic heterocycles. The molecule has 1 N–H and O–H groups in total. The van der Waals surface area contributed by atoms with E-state index >= 15 is 0 Å². The lowest BCUT2D eigenvalue weighted by atomic mass is 9.68. The summed E-state index contributed by atoms with van der Waals surface area (Å²) in [7, 11) is 0. The van der Waals surface area contributed by atoms with Crippen LogP contribution in [0.1, 0.15) is 68.1 Å². The first kappa shape index (κ1) is 24.3. The molecule has 5 heteroatoms. The van der Waals surface area contributed by atoms with Gasteiger partial charge >= 0.3 is 6.09 Å². The van der Waals surface area contributed by atoms with Gasteiger partial charge in [-0.3, -0.25) is 4.79 Å². The molecule has 1 aliphatic heterocycles. The predicted molar refractivity (Wildman–Crippen MR) is 135 cm³/mol. The van der Waals surface area contributed by atoms with E-state index in [4.69, 9.17) is 4.74 Å². The Kier molecular flexibility index (Phi) is 8.25. The summed E-state index contributed by atoms with van der Waals surface area (Å²) in [5, 5.41) is 2.82. The maximum atomic E-state index is 13.2. The maximum Gasteiger partial charge on any atom is 0.407 e. The van der Waals surface area contributed by atoms with E-state index in [0.29, 0.717) is 37.9 Å². The second-order valence-corrected chi connectivity index (χ2v) is 9.84. The van der Waals surface area contributed by atoms with Crippen LogP contribution in [0.5, 0.6) is 0 Å². The van der Waals surface area contributed by atoms with E-state index in [1.807, 2.05) is 4.90 Å². The van der Waals surface area contributed by atoms with Gasteiger partial charge in [-0.2, -0.15) is 0 Å². The normalized spacial score (nSPS) is 22.2. The smallest absolute Gasteiger partial charge is 0.407 e. The van der Waals surface area contributed by atoms with Crippen molar-refractivity contribution in [2.45, 2.75) is 64.2 Å². The highest BCUT2D eigenvalue weighted by Crippen LogP contribution is 2.48. The largest absolute Gasteiger partial charge is 0.449 e. The van der Waals surface area contributed by atoms with Gasteiger partial charge in [0, 0.05) is 19.6 Å². The summed E-state index contributed by atoms with van der Waals surface area (Å²) in [6, 6.07) is 19.2. The number of hydrogen-bond acceptors (Lipinski definition) is 3. The van der Waals surface area contributed by atoms with Gasteiger partial charge in [0.25, 0.3) is 0 Å². The first-order valence-electron chi connectivity index (χ1n) is 12.9. The van der Waals surface area contributed by atoms with Gasteiger partial charge in [0.1, 0.15) is 0 Å². The van der Waals surface area contributed by atoms with Crippen molar-refractivity contribution in [3.8, 4) is 0 Å². The number of aryl methyl sites for hydroxylation is 1. The van der Waals surface area contributed by atoms with Crippen LogP contribution in [-0.2, 0) is 22.4 Å². The van der Waals surface area contributed by atoms with Crippen LogP contribution in [0.15, 0.2) is 54.6 Å². The zero-order valence-electron chi connectivity index (χ0n) is 20.4. The van der Waals surface area contributed by atoms with E-state index in [2.05, 4.69) is 66.8 Å². The Labute approximate surface area is 203 Å². The quantitative estimate of drug-likeness (QED) is 0.502.